The Bertz CT molecular complexity index is 795. The minimum absolute atomic E-state index is 0.00937. The standard InChI is InChI=1S/C19H26N4O2S/c1-11(2)17(24)21-18-16(12(3)13(4)26-18)19(25)23-9-5-6-14(10-23)15-7-8-20-22-15/h7-8,11,14H,5-6,9-10H2,1-4H3,(H,20,22)(H,21,24)/t14-/m1/s1. The van der Waals surface area contributed by atoms with Crippen molar-refractivity contribution in [3.8, 4) is 0 Å². The highest BCUT2D eigenvalue weighted by molar-refractivity contribution is 7.16. The molecule has 2 N–H and O–H groups in total. The lowest BCUT2D eigenvalue weighted by Crippen LogP contribution is -2.39. The van der Waals surface area contributed by atoms with E-state index in [1.807, 2.05) is 38.7 Å². The van der Waals surface area contributed by atoms with E-state index in [4.69, 9.17) is 0 Å². The van der Waals surface area contributed by atoms with E-state index >= 15 is 0 Å². The second-order valence-electron chi connectivity index (χ2n) is 7.23. The molecular formula is C19H26N4O2S. The maximum atomic E-state index is 13.3. The molecule has 6 nitrogen and oxygen atoms in total. The lowest BCUT2D eigenvalue weighted by atomic mass is 9.94. The molecule has 140 valence electrons. The number of thiophene rings is 1. The summed E-state index contributed by atoms with van der Waals surface area (Å²) in [7, 11) is 0. The molecule has 0 bridgehead atoms. The first-order chi connectivity index (χ1) is 12.4. The Morgan fingerprint density at radius 3 is 2.81 bits per heavy atom. The number of likely N-dealkylation sites (tertiary alicyclic amines) is 1. The van der Waals surface area contributed by atoms with Gasteiger partial charge in [0.1, 0.15) is 5.00 Å². The molecule has 2 aromatic rings. The Kier molecular flexibility index (Phi) is 5.46. The minimum atomic E-state index is -0.125. The summed E-state index contributed by atoms with van der Waals surface area (Å²) in [4.78, 5) is 28.4. The van der Waals surface area contributed by atoms with Crippen molar-refractivity contribution in [1.82, 2.24) is 15.1 Å². The van der Waals surface area contributed by atoms with Gasteiger partial charge in [-0.25, -0.2) is 0 Å². The summed E-state index contributed by atoms with van der Waals surface area (Å²) in [5.74, 6) is 0.105. The molecule has 1 aliphatic rings. The molecule has 0 saturated carbocycles. The van der Waals surface area contributed by atoms with Crippen LogP contribution >= 0.6 is 11.3 Å². The van der Waals surface area contributed by atoms with Crippen LogP contribution in [0.3, 0.4) is 0 Å². The Labute approximate surface area is 158 Å². The molecule has 1 atom stereocenters. The number of hydrogen-bond donors (Lipinski definition) is 2. The van der Waals surface area contributed by atoms with E-state index in [9.17, 15) is 9.59 Å². The molecule has 0 spiro atoms. The summed E-state index contributed by atoms with van der Waals surface area (Å²) in [6, 6.07) is 1.98. The van der Waals surface area contributed by atoms with Crippen LogP contribution in [-0.2, 0) is 4.79 Å². The van der Waals surface area contributed by atoms with Crippen LogP contribution in [0.25, 0.3) is 0 Å². The van der Waals surface area contributed by atoms with Crippen molar-refractivity contribution < 1.29 is 9.59 Å². The summed E-state index contributed by atoms with van der Waals surface area (Å²) in [5, 5.41) is 10.7. The van der Waals surface area contributed by atoms with Crippen molar-refractivity contribution in [1.29, 1.82) is 0 Å². The van der Waals surface area contributed by atoms with E-state index in [-0.39, 0.29) is 23.7 Å². The zero-order valence-electron chi connectivity index (χ0n) is 15.8. The largest absolute Gasteiger partial charge is 0.338 e. The van der Waals surface area contributed by atoms with Crippen molar-refractivity contribution >= 4 is 28.2 Å². The van der Waals surface area contributed by atoms with Gasteiger partial charge in [-0.15, -0.1) is 11.3 Å². The molecule has 0 radical (unpaired) electrons. The minimum Gasteiger partial charge on any atom is -0.338 e. The molecule has 0 unspecified atom stereocenters. The number of H-pyrrole nitrogens is 1. The van der Waals surface area contributed by atoms with Crippen LogP contribution in [0.1, 0.15) is 59.1 Å². The number of nitrogens with one attached hydrogen (secondary N) is 2. The van der Waals surface area contributed by atoms with E-state index in [0.717, 1.165) is 35.5 Å². The molecule has 1 aliphatic heterocycles. The van der Waals surface area contributed by atoms with Gasteiger partial charge in [-0.1, -0.05) is 13.8 Å². The van der Waals surface area contributed by atoms with Gasteiger partial charge in [0.2, 0.25) is 5.91 Å². The number of amides is 2. The Morgan fingerprint density at radius 1 is 1.38 bits per heavy atom. The van der Waals surface area contributed by atoms with Gasteiger partial charge in [0.25, 0.3) is 5.91 Å². The molecule has 7 heteroatoms. The van der Waals surface area contributed by atoms with Gasteiger partial charge in [-0.05, 0) is 38.3 Å². The van der Waals surface area contributed by atoms with Crippen LogP contribution in [-0.4, -0.2) is 40.0 Å². The van der Waals surface area contributed by atoms with E-state index < -0.39 is 0 Å². The third-order valence-corrected chi connectivity index (χ3v) is 6.15. The number of carbonyl (C=O) groups is 2. The first-order valence-corrected chi connectivity index (χ1v) is 9.89. The molecule has 1 fully saturated rings. The lowest BCUT2D eigenvalue weighted by Gasteiger charge is -2.32. The van der Waals surface area contributed by atoms with Gasteiger partial charge in [0.05, 0.1) is 5.56 Å². The Hall–Kier alpha value is -2.15. The summed E-state index contributed by atoms with van der Waals surface area (Å²) < 4.78 is 0. The van der Waals surface area contributed by atoms with Crippen molar-refractivity contribution in [2.24, 2.45) is 5.92 Å². The quantitative estimate of drug-likeness (QED) is 0.856. The fourth-order valence-electron chi connectivity index (χ4n) is 3.30. The van der Waals surface area contributed by atoms with Crippen LogP contribution in [0.2, 0.25) is 0 Å². The molecular weight excluding hydrogens is 348 g/mol. The third-order valence-electron chi connectivity index (χ3n) is 5.03. The predicted octanol–water partition coefficient (Wildman–Crippen LogP) is 3.70. The molecule has 1 saturated heterocycles. The van der Waals surface area contributed by atoms with E-state index in [1.165, 1.54) is 11.3 Å². The molecule has 3 rings (SSSR count). The average molecular weight is 375 g/mol. The number of aryl methyl sites for hydroxylation is 1. The first kappa shape index (κ1) is 18.6. The zero-order valence-corrected chi connectivity index (χ0v) is 16.6. The SMILES string of the molecule is Cc1sc(NC(=O)C(C)C)c(C(=O)N2CCC[C@@H](c3ccn[nH]3)C2)c1C. The van der Waals surface area contributed by atoms with Crippen LogP contribution < -0.4 is 5.32 Å². The third kappa shape index (κ3) is 3.67. The number of nitrogens with zero attached hydrogens (tertiary/aromatic N) is 2. The van der Waals surface area contributed by atoms with Crippen LogP contribution in [0.5, 0.6) is 0 Å². The second kappa shape index (κ2) is 7.61. The fraction of sp³-hybridized carbons (Fsp3) is 0.526. The van der Waals surface area contributed by atoms with Crippen molar-refractivity contribution in [2.45, 2.75) is 46.5 Å². The number of anilines is 1. The maximum absolute atomic E-state index is 13.3. The van der Waals surface area contributed by atoms with E-state index in [0.29, 0.717) is 17.1 Å². The molecule has 0 aromatic carbocycles. The van der Waals surface area contributed by atoms with Gasteiger partial charge in [-0.3, -0.25) is 14.7 Å². The summed E-state index contributed by atoms with van der Waals surface area (Å²) in [5.41, 5.74) is 2.68. The second-order valence-corrected chi connectivity index (χ2v) is 8.46. The number of rotatable bonds is 4. The number of piperidine rings is 1. The number of aromatic amines is 1. The van der Waals surface area contributed by atoms with Crippen LogP contribution in [0.15, 0.2) is 12.3 Å². The van der Waals surface area contributed by atoms with Gasteiger partial charge < -0.3 is 10.2 Å². The highest BCUT2D eigenvalue weighted by Crippen LogP contribution is 2.35. The number of carbonyl (C=O) groups excluding carboxylic acids is 2. The van der Waals surface area contributed by atoms with Gasteiger partial charge in [0, 0.05) is 41.7 Å². The zero-order chi connectivity index (χ0) is 18.8. The highest BCUT2D eigenvalue weighted by Gasteiger charge is 2.30. The van der Waals surface area contributed by atoms with Crippen LogP contribution in [0.4, 0.5) is 5.00 Å². The topological polar surface area (TPSA) is 78.1 Å². The van der Waals surface area contributed by atoms with Gasteiger partial charge >= 0.3 is 0 Å². The molecule has 2 aromatic heterocycles. The highest BCUT2D eigenvalue weighted by atomic mass is 32.1. The molecule has 2 amide bonds. The smallest absolute Gasteiger partial charge is 0.257 e. The average Bonchev–Trinajstić information content (AvgIpc) is 3.24. The van der Waals surface area contributed by atoms with Gasteiger partial charge in [-0.2, -0.15) is 5.10 Å². The Morgan fingerprint density at radius 2 is 2.15 bits per heavy atom. The molecule has 3 heterocycles. The fourth-order valence-corrected chi connectivity index (χ4v) is 4.35. The van der Waals surface area contributed by atoms with Crippen molar-refractivity contribution in [3.63, 3.8) is 0 Å². The van der Waals surface area contributed by atoms with Crippen LogP contribution in [0, 0.1) is 19.8 Å². The van der Waals surface area contributed by atoms with Crippen molar-refractivity contribution in [3.05, 3.63) is 34.0 Å². The van der Waals surface area contributed by atoms with Crippen molar-refractivity contribution in [2.75, 3.05) is 18.4 Å². The monoisotopic (exact) mass is 374 g/mol. The van der Waals surface area contributed by atoms with E-state index in [1.54, 1.807) is 6.20 Å². The predicted molar refractivity (Wildman–Crippen MR) is 104 cm³/mol. The number of aromatic nitrogens is 2. The summed E-state index contributed by atoms with van der Waals surface area (Å²) in [6.45, 7) is 9.07. The summed E-state index contributed by atoms with van der Waals surface area (Å²) in [6.07, 6.45) is 3.76. The maximum Gasteiger partial charge on any atom is 0.257 e. The number of hydrogen-bond acceptors (Lipinski definition) is 4. The van der Waals surface area contributed by atoms with Gasteiger partial charge in [0.15, 0.2) is 0 Å². The van der Waals surface area contributed by atoms with E-state index in [2.05, 4.69) is 15.5 Å². The first-order valence-electron chi connectivity index (χ1n) is 9.07. The normalized spacial score (nSPS) is 17.6. The molecule has 0 aliphatic carbocycles. The lowest BCUT2D eigenvalue weighted by molar-refractivity contribution is -0.118. The molecule has 26 heavy (non-hydrogen) atoms. The Balaban J connectivity index is 1.83. The summed E-state index contributed by atoms with van der Waals surface area (Å²) >= 11 is 1.48.